The first-order chi connectivity index (χ1) is 15.1. The molecular weight excluding hydrogens is 403 g/mol. The van der Waals surface area contributed by atoms with Gasteiger partial charge < -0.3 is 10.0 Å². The highest BCUT2D eigenvalue weighted by atomic mass is 35.5. The molecule has 0 amide bonds. The Morgan fingerprint density at radius 1 is 0.645 bits per heavy atom. The zero-order valence-electron chi connectivity index (χ0n) is 17.0. The van der Waals surface area contributed by atoms with Gasteiger partial charge in [-0.25, -0.2) is 0 Å². The molecule has 4 aromatic rings. The Hall–Kier alpha value is -2.85. The van der Waals surface area contributed by atoms with Crippen molar-refractivity contribution in [3.63, 3.8) is 0 Å². The van der Waals surface area contributed by atoms with Gasteiger partial charge in [-0.2, -0.15) is 0 Å². The molecule has 2 nitrogen and oxygen atoms in total. The van der Waals surface area contributed by atoms with Gasteiger partial charge in [0.2, 0.25) is 0 Å². The first-order valence-corrected chi connectivity index (χ1v) is 10.8. The van der Waals surface area contributed by atoms with Crippen molar-refractivity contribution in [3.8, 4) is 11.1 Å². The highest BCUT2D eigenvalue weighted by molar-refractivity contribution is 6.58. The lowest BCUT2D eigenvalue weighted by molar-refractivity contribution is 0.425. The lowest BCUT2D eigenvalue weighted by atomic mass is 9.68. The van der Waals surface area contributed by atoms with Crippen molar-refractivity contribution < 1.29 is 10.0 Å². The first kappa shape index (κ1) is 20.1. The van der Waals surface area contributed by atoms with Crippen molar-refractivity contribution in [3.05, 3.63) is 124 Å². The summed E-state index contributed by atoms with van der Waals surface area (Å²) in [5.41, 5.74) is 7.18. The van der Waals surface area contributed by atoms with Gasteiger partial charge in [0.25, 0.3) is 0 Å². The van der Waals surface area contributed by atoms with E-state index in [1.165, 1.54) is 16.7 Å². The third-order valence-electron chi connectivity index (χ3n) is 6.34. The highest BCUT2D eigenvalue weighted by Gasteiger charge is 2.44. The summed E-state index contributed by atoms with van der Waals surface area (Å²) in [5, 5.41) is 20.5. The number of hydrogen-bond donors (Lipinski definition) is 2. The molecule has 0 aromatic heterocycles. The highest BCUT2D eigenvalue weighted by Crippen LogP contribution is 2.52. The van der Waals surface area contributed by atoms with E-state index in [0.717, 1.165) is 29.5 Å². The molecule has 0 saturated carbocycles. The van der Waals surface area contributed by atoms with Crippen LogP contribution in [0, 0.1) is 0 Å². The zero-order chi connectivity index (χ0) is 21.4. The third kappa shape index (κ3) is 3.59. The normalized spacial score (nSPS) is 13.5. The van der Waals surface area contributed by atoms with Crippen molar-refractivity contribution in [2.24, 2.45) is 0 Å². The van der Waals surface area contributed by atoms with Crippen LogP contribution in [-0.4, -0.2) is 17.2 Å². The number of benzene rings is 4. The lowest BCUT2D eigenvalue weighted by Gasteiger charge is -2.33. The maximum Gasteiger partial charge on any atom is 0.488 e. The quantitative estimate of drug-likeness (QED) is 0.453. The average molecular weight is 425 g/mol. The van der Waals surface area contributed by atoms with Crippen LogP contribution in [0.1, 0.15) is 22.3 Å². The van der Waals surface area contributed by atoms with E-state index < -0.39 is 7.12 Å². The van der Waals surface area contributed by atoms with E-state index >= 15 is 0 Å². The molecule has 0 bridgehead atoms. The Labute approximate surface area is 187 Å². The fourth-order valence-electron chi connectivity index (χ4n) is 4.98. The van der Waals surface area contributed by atoms with E-state index in [-0.39, 0.29) is 5.41 Å². The SMILES string of the molecule is OB(O)c1ccc2c(c1)C(Cc1ccccc1)(Cc1ccccc1)c1cc(Cl)ccc1-2. The Balaban J connectivity index is 1.79. The molecule has 0 unspecified atom stereocenters. The van der Waals surface area contributed by atoms with Gasteiger partial charge >= 0.3 is 7.12 Å². The fraction of sp³-hybridized carbons (Fsp3) is 0.111. The molecule has 0 saturated heterocycles. The van der Waals surface area contributed by atoms with E-state index in [4.69, 9.17) is 11.6 Å². The Bertz CT molecular complexity index is 1180. The largest absolute Gasteiger partial charge is 0.488 e. The van der Waals surface area contributed by atoms with Crippen LogP contribution in [-0.2, 0) is 18.3 Å². The molecule has 0 heterocycles. The first-order valence-electron chi connectivity index (χ1n) is 10.5. The minimum atomic E-state index is -1.51. The molecule has 4 aromatic carbocycles. The van der Waals surface area contributed by atoms with Crippen LogP contribution in [0.4, 0.5) is 0 Å². The molecule has 0 atom stereocenters. The van der Waals surface area contributed by atoms with Crippen molar-refractivity contribution in [2.75, 3.05) is 0 Å². The second-order valence-electron chi connectivity index (χ2n) is 8.28. The predicted molar refractivity (Wildman–Crippen MR) is 128 cm³/mol. The van der Waals surface area contributed by atoms with Crippen LogP contribution >= 0.6 is 11.6 Å². The summed E-state index contributed by atoms with van der Waals surface area (Å²) in [5.74, 6) is 0. The fourth-order valence-corrected chi connectivity index (χ4v) is 5.15. The van der Waals surface area contributed by atoms with Crippen LogP contribution in [0.25, 0.3) is 11.1 Å². The molecule has 0 aliphatic heterocycles. The van der Waals surface area contributed by atoms with Crippen molar-refractivity contribution >= 4 is 24.2 Å². The van der Waals surface area contributed by atoms with E-state index in [2.05, 4.69) is 60.7 Å². The standard InChI is InChI=1S/C27H22BClO2/c29-22-12-14-24-23-13-11-21(28(30)31)15-25(23)27(26(24)16-22,17-19-7-3-1-4-8-19)18-20-9-5-2-6-10-20/h1-16,30-31H,17-18H2. The second kappa shape index (κ2) is 8.01. The van der Waals surface area contributed by atoms with Crippen molar-refractivity contribution in [1.82, 2.24) is 0 Å². The molecule has 4 heteroatoms. The van der Waals surface area contributed by atoms with Crippen molar-refractivity contribution in [1.29, 1.82) is 0 Å². The summed E-state index contributed by atoms with van der Waals surface area (Å²) in [6, 6.07) is 32.8. The van der Waals surface area contributed by atoms with Gasteiger partial charge in [0.05, 0.1) is 0 Å². The summed E-state index contributed by atoms with van der Waals surface area (Å²) < 4.78 is 0. The zero-order valence-corrected chi connectivity index (χ0v) is 17.8. The molecule has 5 rings (SSSR count). The Morgan fingerprint density at radius 3 is 1.71 bits per heavy atom. The maximum absolute atomic E-state index is 9.90. The number of halogens is 1. The van der Waals surface area contributed by atoms with Crippen LogP contribution in [0.5, 0.6) is 0 Å². The van der Waals surface area contributed by atoms with Gasteiger partial charge in [-0.15, -0.1) is 0 Å². The molecule has 31 heavy (non-hydrogen) atoms. The van der Waals surface area contributed by atoms with E-state index in [1.54, 1.807) is 6.07 Å². The van der Waals surface area contributed by atoms with Gasteiger partial charge in [0, 0.05) is 10.4 Å². The maximum atomic E-state index is 9.90. The van der Waals surface area contributed by atoms with E-state index in [9.17, 15) is 10.0 Å². The summed E-state index contributed by atoms with van der Waals surface area (Å²) in [7, 11) is -1.51. The predicted octanol–water partition coefficient (Wildman–Crippen LogP) is 4.77. The average Bonchev–Trinajstić information content (AvgIpc) is 3.03. The van der Waals surface area contributed by atoms with E-state index in [0.29, 0.717) is 10.5 Å². The van der Waals surface area contributed by atoms with Crippen LogP contribution in [0.2, 0.25) is 5.02 Å². The number of fused-ring (bicyclic) bond motifs is 3. The third-order valence-corrected chi connectivity index (χ3v) is 6.58. The van der Waals surface area contributed by atoms with Gasteiger partial charge in [-0.05, 0) is 63.8 Å². The molecule has 0 spiro atoms. The molecule has 1 aliphatic carbocycles. The second-order valence-corrected chi connectivity index (χ2v) is 8.71. The molecule has 152 valence electrons. The summed E-state index contributed by atoms with van der Waals surface area (Å²) in [4.78, 5) is 0. The summed E-state index contributed by atoms with van der Waals surface area (Å²) in [6.07, 6.45) is 1.57. The van der Waals surface area contributed by atoms with Crippen LogP contribution < -0.4 is 5.46 Å². The van der Waals surface area contributed by atoms with Gasteiger partial charge in [-0.3, -0.25) is 0 Å². The van der Waals surface area contributed by atoms with Gasteiger partial charge in [0.1, 0.15) is 0 Å². The minimum absolute atomic E-state index is 0.372. The van der Waals surface area contributed by atoms with Crippen molar-refractivity contribution in [2.45, 2.75) is 18.3 Å². The Kier molecular flexibility index (Phi) is 5.19. The minimum Gasteiger partial charge on any atom is -0.423 e. The monoisotopic (exact) mass is 424 g/mol. The van der Waals surface area contributed by atoms with Crippen LogP contribution in [0.3, 0.4) is 0 Å². The molecule has 2 N–H and O–H groups in total. The van der Waals surface area contributed by atoms with Gasteiger partial charge in [-0.1, -0.05) is 96.5 Å². The summed E-state index contributed by atoms with van der Waals surface area (Å²) >= 11 is 6.50. The number of rotatable bonds is 5. The number of hydrogen-bond acceptors (Lipinski definition) is 2. The van der Waals surface area contributed by atoms with E-state index in [1.807, 2.05) is 30.3 Å². The smallest absolute Gasteiger partial charge is 0.423 e. The van der Waals surface area contributed by atoms with Gasteiger partial charge in [0.15, 0.2) is 0 Å². The lowest BCUT2D eigenvalue weighted by Crippen LogP contribution is -2.35. The topological polar surface area (TPSA) is 40.5 Å². The summed E-state index contributed by atoms with van der Waals surface area (Å²) in [6.45, 7) is 0. The molecular formula is C27H22BClO2. The molecule has 1 aliphatic rings. The van der Waals surface area contributed by atoms with Crippen LogP contribution in [0.15, 0.2) is 97.1 Å². The molecule has 0 radical (unpaired) electrons. The molecule has 0 fully saturated rings. The Morgan fingerprint density at radius 2 is 1.16 bits per heavy atom.